The fraction of sp³-hybridized carbons (Fsp3) is 0.476. The molecule has 0 amide bonds. The summed E-state index contributed by atoms with van der Waals surface area (Å²) in [6.45, 7) is 11.7. The van der Waals surface area contributed by atoms with E-state index in [0.29, 0.717) is 0 Å². The SMILES string of the molecule is CC1=[N+](C)c2cc3c(cc2C1(C)C)C1=CCCC=C1C3(C)C. The van der Waals surface area contributed by atoms with Gasteiger partial charge in [-0.15, -0.1) is 0 Å². The van der Waals surface area contributed by atoms with Crippen molar-refractivity contribution in [2.24, 2.45) is 0 Å². The van der Waals surface area contributed by atoms with E-state index in [-0.39, 0.29) is 10.8 Å². The number of nitrogens with zero attached hydrogens (tertiary/aromatic N) is 1. The first-order chi connectivity index (χ1) is 10.3. The molecule has 0 unspecified atom stereocenters. The Balaban J connectivity index is 2.04. The van der Waals surface area contributed by atoms with Crippen molar-refractivity contribution in [1.82, 2.24) is 0 Å². The molecule has 4 rings (SSSR count). The summed E-state index contributed by atoms with van der Waals surface area (Å²) in [5.41, 5.74) is 10.6. The molecule has 0 fully saturated rings. The van der Waals surface area contributed by atoms with Crippen LogP contribution in [0.3, 0.4) is 0 Å². The molecule has 1 heteroatoms. The smallest absolute Gasteiger partial charge is 0.202 e. The van der Waals surface area contributed by atoms with Gasteiger partial charge in [0.05, 0.1) is 5.41 Å². The maximum absolute atomic E-state index is 2.48. The molecule has 1 aromatic rings. The summed E-state index contributed by atoms with van der Waals surface area (Å²) >= 11 is 0. The van der Waals surface area contributed by atoms with Crippen LogP contribution in [0.4, 0.5) is 5.69 Å². The molecule has 0 N–H and O–H groups in total. The summed E-state index contributed by atoms with van der Waals surface area (Å²) in [5.74, 6) is 0. The minimum Gasteiger partial charge on any atom is -0.202 e. The lowest BCUT2D eigenvalue weighted by atomic mass is 9.79. The molecule has 0 radical (unpaired) electrons. The van der Waals surface area contributed by atoms with Gasteiger partial charge in [0.25, 0.3) is 0 Å². The van der Waals surface area contributed by atoms with Crippen LogP contribution in [-0.2, 0) is 10.8 Å². The van der Waals surface area contributed by atoms with E-state index < -0.39 is 0 Å². The molecule has 0 saturated heterocycles. The largest absolute Gasteiger partial charge is 0.209 e. The molecule has 0 atom stereocenters. The van der Waals surface area contributed by atoms with E-state index in [1.807, 2.05) is 0 Å². The van der Waals surface area contributed by atoms with Crippen LogP contribution in [0, 0.1) is 0 Å². The third-order valence-electron chi connectivity index (χ3n) is 6.37. The van der Waals surface area contributed by atoms with Crippen molar-refractivity contribution in [2.45, 2.75) is 58.3 Å². The second-order valence-electron chi connectivity index (χ2n) is 8.12. The Hall–Kier alpha value is -1.63. The molecule has 0 saturated carbocycles. The van der Waals surface area contributed by atoms with Crippen molar-refractivity contribution in [3.05, 3.63) is 46.5 Å². The van der Waals surface area contributed by atoms with Crippen LogP contribution in [0.25, 0.3) is 5.57 Å². The number of allylic oxidation sites excluding steroid dienone is 4. The molecule has 1 nitrogen and oxygen atoms in total. The van der Waals surface area contributed by atoms with Gasteiger partial charge in [0.15, 0.2) is 5.71 Å². The summed E-state index contributed by atoms with van der Waals surface area (Å²) in [6.07, 6.45) is 7.29. The quantitative estimate of drug-likeness (QED) is 0.585. The molecule has 1 heterocycles. The van der Waals surface area contributed by atoms with Crippen molar-refractivity contribution in [3.63, 3.8) is 0 Å². The summed E-state index contributed by atoms with van der Waals surface area (Å²) < 4.78 is 2.39. The summed E-state index contributed by atoms with van der Waals surface area (Å²) in [4.78, 5) is 0. The Morgan fingerprint density at radius 2 is 1.59 bits per heavy atom. The Morgan fingerprint density at radius 1 is 0.909 bits per heavy atom. The lowest BCUT2D eigenvalue weighted by Crippen LogP contribution is -2.25. The molecule has 0 spiro atoms. The maximum Gasteiger partial charge on any atom is 0.209 e. The van der Waals surface area contributed by atoms with Gasteiger partial charge in [-0.1, -0.05) is 26.0 Å². The number of rotatable bonds is 0. The first-order valence-corrected chi connectivity index (χ1v) is 8.44. The summed E-state index contributed by atoms with van der Waals surface area (Å²) in [7, 11) is 2.21. The molecule has 3 aliphatic rings. The number of fused-ring (bicyclic) bond motifs is 4. The molecule has 0 bridgehead atoms. The Kier molecular flexibility index (Phi) is 2.55. The van der Waals surface area contributed by atoms with E-state index in [2.05, 4.69) is 70.5 Å². The lowest BCUT2D eigenvalue weighted by Gasteiger charge is -2.23. The zero-order valence-corrected chi connectivity index (χ0v) is 14.7. The van der Waals surface area contributed by atoms with Crippen molar-refractivity contribution < 1.29 is 4.58 Å². The van der Waals surface area contributed by atoms with Crippen LogP contribution in [0.1, 0.15) is 64.2 Å². The van der Waals surface area contributed by atoms with Gasteiger partial charge < -0.3 is 0 Å². The predicted octanol–water partition coefficient (Wildman–Crippen LogP) is 5.11. The van der Waals surface area contributed by atoms with E-state index in [1.54, 1.807) is 5.57 Å². The third-order valence-corrected chi connectivity index (χ3v) is 6.37. The van der Waals surface area contributed by atoms with Gasteiger partial charge in [-0.25, -0.2) is 4.58 Å². The monoisotopic (exact) mass is 292 g/mol. The van der Waals surface area contributed by atoms with E-state index >= 15 is 0 Å². The van der Waals surface area contributed by atoms with E-state index in [9.17, 15) is 0 Å². The van der Waals surface area contributed by atoms with E-state index in [1.165, 1.54) is 46.5 Å². The van der Waals surface area contributed by atoms with Crippen molar-refractivity contribution in [1.29, 1.82) is 0 Å². The van der Waals surface area contributed by atoms with Gasteiger partial charge in [-0.05, 0) is 55.0 Å². The Bertz CT molecular complexity index is 797. The molecule has 0 aromatic heterocycles. The molecule has 1 aliphatic heterocycles. The highest BCUT2D eigenvalue weighted by Crippen LogP contribution is 2.54. The van der Waals surface area contributed by atoms with Crippen LogP contribution in [0.2, 0.25) is 0 Å². The number of hydrogen-bond acceptors (Lipinski definition) is 0. The van der Waals surface area contributed by atoms with Crippen LogP contribution < -0.4 is 0 Å². The Labute approximate surface area is 134 Å². The highest BCUT2D eigenvalue weighted by molar-refractivity contribution is 5.96. The van der Waals surface area contributed by atoms with Gasteiger partial charge in [-0.2, -0.15) is 0 Å². The van der Waals surface area contributed by atoms with Gasteiger partial charge in [0, 0.05) is 24.0 Å². The highest BCUT2D eigenvalue weighted by atomic mass is 15.0. The topological polar surface area (TPSA) is 3.01 Å². The molecular formula is C21H26N+. The average molecular weight is 292 g/mol. The minimum atomic E-state index is 0.130. The van der Waals surface area contributed by atoms with Gasteiger partial charge in [-0.3, -0.25) is 0 Å². The second kappa shape index (κ2) is 4.01. The van der Waals surface area contributed by atoms with Crippen LogP contribution >= 0.6 is 0 Å². The standard InChI is InChI=1S/C21H26N/c1-13-20(2,3)18-11-15-14-9-7-8-10-16(14)21(4,5)17(15)12-19(18)22(13)6/h9-12H,7-8H2,1-6H3/q+1. The normalized spacial score (nSPS) is 23.7. The number of benzene rings is 1. The first-order valence-electron chi connectivity index (χ1n) is 8.44. The average Bonchev–Trinajstić information content (AvgIpc) is 2.82. The van der Waals surface area contributed by atoms with E-state index in [4.69, 9.17) is 0 Å². The summed E-state index contributed by atoms with van der Waals surface area (Å²) in [6, 6.07) is 4.94. The maximum atomic E-state index is 2.48. The fourth-order valence-electron chi connectivity index (χ4n) is 4.57. The molecule has 2 aliphatic carbocycles. The predicted molar refractivity (Wildman–Crippen MR) is 94.3 cm³/mol. The van der Waals surface area contributed by atoms with Gasteiger partial charge >= 0.3 is 0 Å². The molecule has 114 valence electrons. The van der Waals surface area contributed by atoms with E-state index in [0.717, 1.165) is 0 Å². The van der Waals surface area contributed by atoms with Crippen LogP contribution in [-0.4, -0.2) is 17.3 Å². The number of hydrogen-bond donors (Lipinski definition) is 0. The van der Waals surface area contributed by atoms with Crippen molar-refractivity contribution in [2.75, 3.05) is 7.05 Å². The lowest BCUT2D eigenvalue weighted by molar-refractivity contribution is -0.403. The second-order valence-corrected chi connectivity index (χ2v) is 8.12. The zero-order valence-electron chi connectivity index (χ0n) is 14.7. The Morgan fingerprint density at radius 3 is 2.32 bits per heavy atom. The van der Waals surface area contributed by atoms with Crippen molar-refractivity contribution >= 4 is 17.0 Å². The minimum absolute atomic E-state index is 0.130. The van der Waals surface area contributed by atoms with Crippen molar-refractivity contribution in [3.8, 4) is 0 Å². The summed E-state index contributed by atoms with van der Waals surface area (Å²) in [5, 5.41) is 0. The first kappa shape index (κ1) is 14.0. The van der Waals surface area contributed by atoms with Crippen LogP contribution in [0.15, 0.2) is 29.9 Å². The van der Waals surface area contributed by atoms with Gasteiger partial charge in [0.1, 0.15) is 7.05 Å². The third kappa shape index (κ3) is 1.47. The molecule has 1 aromatic carbocycles. The molecule has 22 heavy (non-hydrogen) atoms. The fourth-order valence-corrected chi connectivity index (χ4v) is 4.57. The van der Waals surface area contributed by atoms with Crippen LogP contribution in [0.5, 0.6) is 0 Å². The highest BCUT2D eigenvalue weighted by Gasteiger charge is 2.46. The van der Waals surface area contributed by atoms with Gasteiger partial charge in [0.2, 0.25) is 5.69 Å². The molecular weight excluding hydrogens is 266 g/mol. The zero-order chi connectivity index (χ0) is 15.9.